The number of fused-ring (bicyclic) bond motifs is 3. The van der Waals surface area contributed by atoms with Crippen LogP contribution in [0.1, 0.15) is 168 Å². The molecule has 2 aromatic carbocycles. The first-order valence-electron chi connectivity index (χ1n) is 30.1. The van der Waals surface area contributed by atoms with E-state index in [4.69, 9.17) is 56.8 Å². The molecule has 85 heavy (non-hydrogen) atoms. The Morgan fingerprint density at radius 2 is 0.835 bits per heavy atom. The van der Waals surface area contributed by atoms with Gasteiger partial charge in [0.05, 0.1) is 95.0 Å². The van der Waals surface area contributed by atoms with Crippen molar-refractivity contribution in [1.82, 2.24) is 9.80 Å². The molecule has 2 aliphatic carbocycles. The normalized spacial score (nSPS) is 42.5. The number of nitrogens with zero attached hydrogens (tertiary/aromatic N) is 2. The van der Waals surface area contributed by atoms with Gasteiger partial charge in [0.1, 0.15) is 53.5 Å². The summed E-state index contributed by atoms with van der Waals surface area (Å²) in [7, 11) is 7.39. The molecule has 6 fully saturated rings. The van der Waals surface area contributed by atoms with Gasteiger partial charge < -0.3 is 113 Å². The average molecular weight is 1210 g/mol. The Morgan fingerprint density at radius 1 is 0.471 bits per heavy atom. The van der Waals surface area contributed by atoms with Gasteiger partial charge in [0.2, 0.25) is 11.6 Å². The summed E-state index contributed by atoms with van der Waals surface area (Å²) in [6.07, 6.45) is -15.9. The summed E-state index contributed by atoms with van der Waals surface area (Å²) in [5, 5.41) is 104. The fourth-order valence-corrected chi connectivity index (χ4v) is 13.9. The second kappa shape index (κ2) is 25.6. The molecule has 25 atom stereocenters. The maximum absolute atomic E-state index is 14.6. The van der Waals surface area contributed by atoms with Gasteiger partial charge in [0.15, 0.2) is 37.7 Å². The molecule has 25 heteroatoms. The number of ether oxygens (including phenoxy) is 12. The lowest BCUT2D eigenvalue weighted by Crippen LogP contribution is -2.58. The number of benzene rings is 2. The van der Waals surface area contributed by atoms with Gasteiger partial charge in [-0.1, -0.05) is 6.92 Å². The zero-order valence-corrected chi connectivity index (χ0v) is 50.2. The van der Waals surface area contributed by atoms with E-state index in [9.17, 15) is 55.5 Å². The number of carbonyl (C=O) groups is 2. The minimum atomic E-state index is -1.96. The molecule has 476 valence electrons. The molecule has 6 aliphatic heterocycles. The smallest absolute Gasteiger partial charge is 0.202 e. The summed E-state index contributed by atoms with van der Waals surface area (Å²) >= 11 is 0. The molecule has 0 amide bonds. The number of aliphatic hydroxyl groups excluding tert-OH is 4. The second-order valence-electron chi connectivity index (χ2n) is 25.0. The lowest BCUT2D eigenvalue weighted by Gasteiger charge is -2.50. The zero-order chi connectivity index (χ0) is 61.4. The van der Waals surface area contributed by atoms with E-state index in [-0.39, 0.29) is 49.7 Å². The summed E-state index contributed by atoms with van der Waals surface area (Å²) in [6, 6.07) is 1.17. The maximum Gasteiger partial charge on any atom is 0.202 e. The van der Waals surface area contributed by atoms with Crippen molar-refractivity contribution in [2.45, 2.75) is 266 Å². The van der Waals surface area contributed by atoms with E-state index in [1.54, 1.807) is 48.5 Å². The van der Waals surface area contributed by atoms with Crippen LogP contribution in [-0.4, -0.2) is 236 Å². The van der Waals surface area contributed by atoms with Crippen LogP contribution in [0.5, 0.6) is 23.0 Å². The molecule has 0 saturated carbocycles. The number of phenols is 4. The molecule has 10 rings (SSSR count). The highest BCUT2D eigenvalue weighted by Crippen LogP contribution is 2.59. The van der Waals surface area contributed by atoms with Gasteiger partial charge in [0.25, 0.3) is 0 Å². The summed E-state index contributed by atoms with van der Waals surface area (Å²) < 4.78 is 76.7. The molecule has 9 N–H and O–H groups in total. The van der Waals surface area contributed by atoms with Crippen LogP contribution in [0.25, 0.3) is 0 Å². The minimum absolute atomic E-state index is 0.0481. The van der Waals surface area contributed by atoms with Crippen molar-refractivity contribution in [1.29, 1.82) is 0 Å². The molecule has 0 unspecified atom stereocenters. The Morgan fingerprint density at radius 3 is 1.22 bits per heavy atom. The van der Waals surface area contributed by atoms with E-state index in [1.165, 1.54) is 0 Å². The van der Waals surface area contributed by atoms with Crippen LogP contribution in [0.3, 0.4) is 0 Å². The van der Waals surface area contributed by atoms with E-state index in [2.05, 4.69) is 0 Å². The van der Waals surface area contributed by atoms with Gasteiger partial charge in [-0.2, -0.15) is 0 Å². The molecule has 8 aliphatic rings. The van der Waals surface area contributed by atoms with Crippen molar-refractivity contribution in [3.8, 4) is 23.0 Å². The largest absolute Gasteiger partial charge is 0.507 e. The molecule has 0 spiro atoms. The number of hydrogen-bond acceptors (Lipinski definition) is 25. The Kier molecular flexibility index (Phi) is 19.3. The topological polar surface area (TPSA) is 333 Å². The lowest BCUT2D eigenvalue weighted by atomic mass is 9.70. The van der Waals surface area contributed by atoms with Gasteiger partial charge in [-0.05, 0) is 101 Å². The van der Waals surface area contributed by atoms with Crippen molar-refractivity contribution >= 4 is 11.6 Å². The Labute approximate surface area is 494 Å². The fraction of sp³-hybridized carbons (Fsp3) is 0.767. The third-order valence-electron chi connectivity index (χ3n) is 18.8. The van der Waals surface area contributed by atoms with E-state index >= 15 is 0 Å². The number of carbonyl (C=O) groups excluding carboxylic acids is 2. The first-order chi connectivity index (χ1) is 40.2. The van der Waals surface area contributed by atoms with Crippen molar-refractivity contribution < 1.29 is 112 Å². The predicted octanol–water partition coefficient (Wildman–Crippen LogP) is 3.38. The number of rotatable bonds is 15. The number of phenolic OH excluding ortho intramolecular Hbond substituents is 4. The van der Waals surface area contributed by atoms with E-state index in [1.807, 2.05) is 38.0 Å². The van der Waals surface area contributed by atoms with Gasteiger partial charge in [0, 0.05) is 68.2 Å². The quantitative estimate of drug-likeness (QED) is 0.0985. The highest BCUT2D eigenvalue weighted by atomic mass is 16.8. The van der Waals surface area contributed by atoms with Crippen LogP contribution in [0.2, 0.25) is 0 Å². The first kappa shape index (κ1) is 64.2. The molecule has 0 bridgehead atoms. The molecule has 6 heterocycles. The number of aromatic hydroxyl groups is 4. The molecular formula is C60H88N2O23. The van der Waals surface area contributed by atoms with Crippen LogP contribution in [0.4, 0.5) is 0 Å². The van der Waals surface area contributed by atoms with Gasteiger partial charge >= 0.3 is 0 Å². The monoisotopic (exact) mass is 1200 g/mol. The van der Waals surface area contributed by atoms with E-state index < -0.39 is 210 Å². The van der Waals surface area contributed by atoms with Gasteiger partial charge in [-0.3, -0.25) is 9.59 Å². The van der Waals surface area contributed by atoms with Gasteiger partial charge in [-0.25, -0.2) is 0 Å². The summed E-state index contributed by atoms with van der Waals surface area (Å²) in [5.41, 5.74) is -4.96. The maximum atomic E-state index is 14.6. The molecule has 2 aromatic rings. The number of likely N-dealkylation sites (N-methyl/N-ethyl adjacent to an activating group) is 2. The van der Waals surface area contributed by atoms with Gasteiger partial charge in [-0.15, -0.1) is 0 Å². The average Bonchev–Trinajstić information content (AvgIpc) is 0.746. The van der Waals surface area contributed by atoms with Crippen molar-refractivity contribution in [2.75, 3.05) is 28.2 Å². The highest BCUT2D eigenvalue weighted by Gasteiger charge is 2.56. The second-order valence-corrected chi connectivity index (χ2v) is 25.0. The Bertz CT molecular complexity index is 2690. The summed E-state index contributed by atoms with van der Waals surface area (Å²) in [5.74, 6) is -5.10. The highest BCUT2D eigenvalue weighted by molar-refractivity contribution is 6.32. The third-order valence-corrected chi connectivity index (χ3v) is 18.8. The van der Waals surface area contributed by atoms with Crippen LogP contribution in [0, 0.1) is 0 Å². The number of ketones is 2. The number of aliphatic hydroxyl groups is 5. The molecule has 6 saturated heterocycles. The van der Waals surface area contributed by atoms with Crippen LogP contribution >= 0.6 is 0 Å². The third kappa shape index (κ3) is 12.6. The van der Waals surface area contributed by atoms with E-state index in [0.717, 1.165) is 12.1 Å². The Balaban J connectivity index is 0.902. The molecular weight excluding hydrogens is 1120 g/mol. The SMILES string of the molecule is CC[C@@]1(O)C[C@H](O[C@H]2C[C@@H](N(C)C)[C@@H](O[C@@H]3C[C@H](O)[C@H](O[C@H]4CC[C@H](O)[C@H](C)O4)[C@H](C)O3)[C@@H](C)O2)c2c(O)c3c(c(O)c2[C@@H]1O[C@H]1C[C@@H](N(C)C)[C@@H](O[C@H]2C[C@@H](O)[C@@H](O[C@H]4CC[C@H](O)[C@@H](C)O4)[C@@H](C)O2)[C@H](C)O1)C(=O)c1c(O)ccc(O)c1C3=O. The van der Waals surface area contributed by atoms with Crippen molar-refractivity contribution in [3.05, 3.63) is 45.5 Å². The fourth-order valence-electron chi connectivity index (χ4n) is 13.9. The molecule has 0 aromatic heterocycles. The van der Waals surface area contributed by atoms with Crippen LogP contribution < -0.4 is 0 Å². The Hall–Kier alpha value is -3.78. The first-order valence-corrected chi connectivity index (χ1v) is 30.1. The van der Waals surface area contributed by atoms with Crippen molar-refractivity contribution in [2.24, 2.45) is 0 Å². The standard InChI is InChI=1S/C60H88N2O23/c1-12-60(73)23-38(80-41-19-30(61(8)9)55(26(4)76-41)83-43-21-36(67)57(28(6)78-43)81-39-17-15-32(63)24(2)74-39)47-50(54(72)49-48(53(47)71)51(69)45-34(65)13-14-35(66)46(45)52(49)70)59(60)85-42-20-31(62(10)11)56(27(5)77-42)84-44-22-37(68)58(29(7)79-44)82-40-18-16-33(64)25(3)75-40/h13-14,24-33,36-44,55-59,63-68,71-73H,12,15-23H2,1-11H3/t24-,25+,26+,27-,28-,29+,30+,31+,32-,33-,36-,37+,38-,39-,40-,41-,42-,43+,44-,55-,56-,57+,58-,59-,60+/m0/s1. The molecule has 25 nitrogen and oxygen atoms in total. The zero-order valence-electron chi connectivity index (χ0n) is 50.2. The van der Waals surface area contributed by atoms with Crippen LogP contribution in [0.15, 0.2) is 12.1 Å². The minimum Gasteiger partial charge on any atom is -0.507 e. The summed E-state index contributed by atoms with van der Waals surface area (Å²) in [6.45, 7) is 12.3. The number of hydrogen-bond donors (Lipinski definition) is 9. The van der Waals surface area contributed by atoms with Crippen molar-refractivity contribution in [3.63, 3.8) is 0 Å². The van der Waals surface area contributed by atoms with Crippen LogP contribution in [-0.2, 0) is 56.8 Å². The lowest BCUT2D eigenvalue weighted by molar-refractivity contribution is -0.334. The summed E-state index contributed by atoms with van der Waals surface area (Å²) in [4.78, 5) is 33.0. The molecule has 0 radical (unpaired) electrons. The van der Waals surface area contributed by atoms with E-state index in [0.29, 0.717) is 25.7 Å². The predicted molar refractivity (Wildman–Crippen MR) is 295 cm³/mol.